The zero-order chi connectivity index (χ0) is 11.5. The number of carbonyl (C=O) groups is 1. The van der Waals surface area contributed by atoms with Crippen molar-refractivity contribution in [2.75, 3.05) is 0 Å². The van der Waals surface area contributed by atoms with Crippen LogP contribution in [0.5, 0.6) is 0 Å². The summed E-state index contributed by atoms with van der Waals surface area (Å²) in [6, 6.07) is 0. The summed E-state index contributed by atoms with van der Waals surface area (Å²) in [5.74, 6) is 0.639. The number of aromatic nitrogens is 3. The molecule has 0 aliphatic heterocycles. The van der Waals surface area contributed by atoms with E-state index in [1.165, 1.54) is 0 Å². The van der Waals surface area contributed by atoms with Crippen molar-refractivity contribution in [3.05, 3.63) is 11.6 Å². The number of carbonyl (C=O) groups excluding carboxylic acids is 1. The molecular formula is C9H16N4O2. The summed E-state index contributed by atoms with van der Waals surface area (Å²) in [6.07, 6.45) is 0.0876. The van der Waals surface area contributed by atoms with Gasteiger partial charge in [0.15, 0.2) is 5.82 Å². The Labute approximate surface area is 88.2 Å². The number of aromatic amines is 1. The van der Waals surface area contributed by atoms with Gasteiger partial charge in [0.05, 0.1) is 6.54 Å². The number of rotatable bonds is 3. The molecule has 0 saturated heterocycles. The highest BCUT2D eigenvalue weighted by Gasteiger charge is 2.17. The molecule has 1 aromatic rings. The van der Waals surface area contributed by atoms with Crippen LogP contribution < -0.4 is 5.73 Å². The Bertz CT molecular complexity index is 340. The van der Waals surface area contributed by atoms with Crippen LogP contribution in [0.25, 0.3) is 0 Å². The van der Waals surface area contributed by atoms with Crippen LogP contribution >= 0.6 is 0 Å². The monoisotopic (exact) mass is 212 g/mol. The van der Waals surface area contributed by atoms with Crippen LogP contribution in [0.15, 0.2) is 0 Å². The van der Waals surface area contributed by atoms with Gasteiger partial charge in [0, 0.05) is 0 Å². The van der Waals surface area contributed by atoms with Crippen LogP contribution in [0.1, 0.15) is 32.4 Å². The molecular weight excluding hydrogens is 196 g/mol. The average Bonchev–Trinajstić information content (AvgIpc) is 2.48. The number of esters is 1. The molecule has 15 heavy (non-hydrogen) atoms. The minimum absolute atomic E-state index is 0.0876. The maximum absolute atomic E-state index is 11.4. The van der Waals surface area contributed by atoms with Crippen LogP contribution in [0, 0.1) is 0 Å². The number of hydrogen-bond donors (Lipinski definition) is 2. The van der Waals surface area contributed by atoms with E-state index in [2.05, 4.69) is 15.2 Å². The number of nitrogens with two attached hydrogens (primary N) is 1. The summed E-state index contributed by atoms with van der Waals surface area (Å²) in [4.78, 5) is 15.4. The molecule has 1 aromatic heterocycles. The molecule has 0 atom stereocenters. The molecule has 0 saturated carbocycles. The molecule has 0 amide bonds. The molecule has 0 aromatic carbocycles. The second kappa shape index (κ2) is 4.39. The zero-order valence-electron chi connectivity index (χ0n) is 9.20. The van der Waals surface area contributed by atoms with E-state index in [4.69, 9.17) is 10.5 Å². The maximum atomic E-state index is 11.4. The van der Waals surface area contributed by atoms with E-state index < -0.39 is 5.60 Å². The molecule has 0 radical (unpaired) electrons. The highest BCUT2D eigenvalue weighted by Crippen LogP contribution is 2.08. The van der Waals surface area contributed by atoms with E-state index in [1.54, 1.807) is 0 Å². The van der Waals surface area contributed by atoms with Crippen LogP contribution in [-0.2, 0) is 22.5 Å². The number of H-pyrrole nitrogens is 1. The Kier molecular flexibility index (Phi) is 3.41. The fraction of sp³-hybridized carbons (Fsp3) is 0.667. The molecule has 0 aliphatic rings. The fourth-order valence-electron chi connectivity index (χ4n) is 1.02. The summed E-state index contributed by atoms with van der Waals surface area (Å²) < 4.78 is 5.13. The number of hydrogen-bond acceptors (Lipinski definition) is 5. The van der Waals surface area contributed by atoms with Crippen molar-refractivity contribution < 1.29 is 9.53 Å². The summed E-state index contributed by atoms with van der Waals surface area (Å²) in [5, 5.41) is 6.45. The molecule has 6 nitrogen and oxygen atoms in total. The highest BCUT2D eigenvalue weighted by atomic mass is 16.6. The molecule has 0 bridgehead atoms. The fourth-order valence-corrected chi connectivity index (χ4v) is 1.02. The van der Waals surface area contributed by atoms with Crippen LogP contribution in [0.2, 0.25) is 0 Å². The van der Waals surface area contributed by atoms with E-state index in [1.807, 2.05) is 20.8 Å². The third kappa shape index (κ3) is 4.07. The first kappa shape index (κ1) is 11.6. The van der Waals surface area contributed by atoms with Gasteiger partial charge in [-0.15, -0.1) is 0 Å². The van der Waals surface area contributed by atoms with Crippen molar-refractivity contribution >= 4 is 5.97 Å². The van der Waals surface area contributed by atoms with Gasteiger partial charge in [0.25, 0.3) is 0 Å². The van der Waals surface area contributed by atoms with Crippen LogP contribution in [0.3, 0.4) is 0 Å². The van der Waals surface area contributed by atoms with Gasteiger partial charge in [-0.25, -0.2) is 4.98 Å². The number of nitrogens with zero attached hydrogens (tertiary/aromatic N) is 2. The van der Waals surface area contributed by atoms with E-state index in [0.717, 1.165) is 0 Å². The number of ether oxygens (including phenoxy) is 1. The summed E-state index contributed by atoms with van der Waals surface area (Å²) in [6.45, 7) is 5.70. The van der Waals surface area contributed by atoms with Crippen molar-refractivity contribution in [1.29, 1.82) is 0 Å². The minimum atomic E-state index is -0.478. The van der Waals surface area contributed by atoms with Gasteiger partial charge in [-0.1, -0.05) is 0 Å². The molecule has 6 heteroatoms. The highest BCUT2D eigenvalue weighted by molar-refractivity contribution is 5.71. The first-order valence-corrected chi connectivity index (χ1v) is 4.73. The Morgan fingerprint density at radius 3 is 2.67 bits per heavy atom. The predicted octanol–water partition coefficient (Wildman–Crippen LogP) is 0.148. The normalized spacial score (nSPS) is 11.5. The van der Waals surface area contributed by atoms with Crippen molar-refractivity contribution in [2.45, 2.75) is 39.3 Å². The average molecular weight is 212 g/mol. The Hall–Kier alpha value is -1.43. The molecule has 1 rings (SSSR count). The smallest absolute Gasteiger partial charge is 0.314 e. The minimum Gasteiger partial charge on any atom is -0.460 e. The van der Waals surface area contributed by atoms with Gasteiger partial charge >= 0.3 is 5.97 Å². The van der Waals surface area contributed by atoms with Crippen LogP contribution in [-0.4, -0.2) is 26.8 Å². The van der Waals surface area contributed by atoms with Crippen LogP contribution in [0.4, 0.5) is 0 Å². The third-order valence-corrected chi connectivity index (χ3v) is 1.49. The van der Waals surface area contributed by atoms with Gasteiger partial charge in [-0.05, 0) is 20.8 Å². The summed E-state index contributed by atoms with van der Waals surface area (Å²) >= 11 is 0. The maximum Gasteiger partial charge on any atom is 0.314 e. The molecule has 3 N–H and O–H groups in total. The molecule has 84 valence electrons. The third-order valence-electron chi connectivity index (χ3n) is 1.49. The lowest BCUT2D eigenvalue weighted by molar-refractivity contribution is -0.154. The lowest BCUT2D eigenvalue weighted by atomic mass is 10.2. The Morgan fingerprint density at radius 2 is 2.20 bits per heavy atom. The number of nitrogens with one attached hydrogen (secondary N) is 1. The van der Waals surface area contributed by atoms with E-state index in [9.17, 15) is 4.79 Å². The van der Waals surface area contributed by atoms with E-state index in [0.29, 0.717) is 11.6 Å². The zero-order valence-corrected chi connectivity index (χ0v) is 9.20. The largest absolute Gasteiger partial charge is 0.460 e. The van der Waals surface area contributed by atoms with Gasteiger partial charge in [-0.3, -0.25) is 9.89 Å². The molecule has 1 heterocycles. The van der Waals surface area contributed by atoms with Gasteiger partial charge in [0.2, 0.25) is 0 Å². The molecule has 0 fully saturated rings. The first-order chi connectivity index (χ1) is 6.90. The lowest BCUT2D eigenvalue weighted by Gasteiger charge is -2.18. The Balaban J connectivity index is 2.51. The van der Waals surface area contributed by atoms with Crippen molar-refractivity contribution in [1.82, 2.24) is 15.2 Å². The van der Waals surface area contributed by atoms with Gasteiger partial charge in [-0.2, -0.15) is 5.10 Å². The second-order valence-corrected chi connectivity index (χ2v) is 4.17. The van der Waals surface area contributed by atoms with E-state index >= 15 is 0 Å². The van der Waals surface area contributed by atoms with Crippen molar-refractivity contribution in [2.24, 2.45) is 5.73 Å². The van der Waals surface area contributed by atoms with E-state index in [-0.39, 0.29) is 18.9 Å². The SMILES string of the molecule is CC(C)(C)OC(=O)Cc1nc(CN)n[nH]1. The van der Waals surface area contributed by atoms with Gasteiger partial charge < -0.3 is 10.5 Å². The first-order valence-electron chi connectivity index (χ1n) is 4.73. The van der Waals surface area contributed by atoms with Gasteiger partial charge in [0.1, 0.15) is 17.8 Å². The van der Waals surface area contributed by atoms with Crippen molar-refractivity contribution in [3.8, 4) is 0 Å². The molecule has 0 aliphatic carbocycles. The Morgan fingerprint density at radius 1 is 1.53 bits per heavy atom. The molecule has 0 unspecified atom stereocenters. The summed E-state index contributed by atoms with van der Waals surface area (Å²) in [7, 11) is 0. The lowest BCUT2D eigenvalue weighted by Crippen LogP contribution is -2.25. The quantitative estimate of drug-likeness (QED) is 0.695. The predicted molar refractivity (Wildman–Crippen MR) is 53.8 cm³/mol. The van der Waals surface area contributed by atoms with Crippen molar-refractivity contribution in [3.63, 3.8) is 0 Å². The standard InChI is InChI=1S/C9H16N4O2/c1-9(2,3)15-8(14)4-6-11-7(5-10)13-12-6/h4-5,10H2,1-3H3,(H,11,12,13). The topological polar surface area (TPSA) is 93.9 Å². The summed E-state index contributed by atoms with van der Waals surface area (Å²) in [5.41, 5.74) is 4.86. The second-order valence-electron chi connectivity index (χ2n) is 4.17. The molecule has 0 spiro atoms.